The van der Waals surface area contributed by atoms with Crippen LogP contribution in [0.3, 0.4) is 0 Å². The first kappa shape index (κ1) is 42.6. The maximum Gasteiger partial charge on any atom is 0.338 e. The SMILES string of the molecule is CCCCNc1ccc(C(=O)OCCOCCOCCOCCOCCOCCOCCOC(c2ccccc2)(c2ccccc2)c2ccccc2)cc1. The minimum atomic E-state index is -0.756. The van der Waals surface area contributed by atoms with E-state index in [1.165, 1.54) is 0 Å². The smallest absolute Gasteiger partial charge is 0.338 e. The fraction of sp³-hybridized carbons (Fsp3) is 0.432. The number of esters is 1. The molecule has 0 atom stereocenters. The van der Waals surface area contributed by atoms with Crippen LogP contribution in [0, 0.1) is 0 Å². The quantitative estimate of drug-likeness (QED) is 0.0336. The molecule has 0 aliphatic carbocycles. The molecule has 4 aromatic carbocycles. The molecule has 4 aromatic rings. The zero-order valence-electron chi connectivity index (χ0n) is 31.7. The summed E-state index contributed by atoms with van der Waals surface area (Å²) >= 11 is 0. The first-order valence-electron chi connectivity index (χ1n) is 19.0. The van der Waals surface area contributed by atoms with Crippen LogP contribution >= 0.6 is 0 Å². The van der Waals surface area contributed by atoms with E-state index in [-0.39, 0.29) is 12.6 Å². The van der Waals surface area contributed by atoms with Crippen LogP contribution in [-0.2, 0) is 43.5 Å². The van der Waals surface area contributed by atoms with Crippen LogP contribution in [-0.4, -0.2) is 105 Å². The van der Waals surface area contributed by atoms with Gasteiger partial charge in [-0.05, 0) is 47.4 Å². The Bertz CT molecular complexity index is 1410. The highest BCUT2D eigenvalue weighted by atomic mass is 16.6. The van der Waals surface area contributed by atoms with E-state index >= 15 is 0 Å². The van der Waals surface area contributed by atoms with Crippen molar-refractivity contribution in [3.8, 4) is 0 Å². The van der Waals surface area contributed by atoms with E-state index in [0.717, 1.165) is 41.8 Å². The van der Waals surface area contributed by atoms with E-state index in [1.54, 1.807) is 12.1 Å². The van der Waals surface area contributed by atoms with Crippen molar-refractivity contribution in [2.24, 2.45) is 0 Å². The lowest BCUT2D eigenvalue weighted by atomic mass is 9.80. The van der Waals surface area contributed by atoms with Gasteiger partial charge in [-0.2, -0.15) is 0 Å². The van der Waals surface area contributed by atoms with E-state index in [0.29, 0.717) is 91.5 Å². The summed E-state index contributed by atoms with van der Waals surface area (Å²) in [5.74, 6) is -0.360. The lowest BCUT2D eigenvalue weighted by Gasteiger charge is -2.36. The number of hydrogen-bond acceptors (Lipinski definition) is 10. The van der Waals surface area contributed by atoms with Crippen LogP contribution in [0.15, 0.2) is 115 Å². The zero-order valence-corrected chi connectivity index (χ0v) is 31.7. The monoisotopic (exact) mass is 743 g/mol. The molecule has 0 saturated carbocycles. The van der Waals surface area contributed by atoms with Gasteiger partial charge in [0, 0.05) is 12.2 Å². The van der Waals surface area contributed by atoms with E-state index in [9.17, 15) is 4.79 Å². The predicted octanol–water partition coefficient (Wildman–Crippen LogP) is 7.16. The van der Waals surface area contributed by atoms with Crippen LogP contribution < -0.4 is 5.32 Å². The molecular formula is C44H57NO9. The normalized spacial score (nSPS) is 11.4. The van der Waals surface area contributed by atoms with Crippen molar-refractivity contribution in [1.82, 2.24) is 0 Å². The number of hydrogen-bond donors (Lipinski definition) is 1. The van der Waals surface area contributed by atoms with Crippen LogP contribution in [0.1, 0.15) is 46.8 Å². The molecule has 292 valence electrons. The minimum absolute atomic E-state index is 0.188. The molecule has 0 heterocycles. The van der Waals surface area contributed by atoms with Gasteiger partial charge in [0.15, 0.2) is 0 Å². The molecule has 0 fully saturated rings. The summed E-state index contributed by atoms with van der Waals surface area (Å²) in [6.45, 7) is 9.03. The Morgan fingerprint density at radius 3 is 1.24 bits per heavy atom. The number of rotatable bonds is 30. The first-order chi connectivity index (χ1) is 26.7. The Balaban J connectivity index is 0.938. The van der Waals surface area contributed by atoms with E-state index < -0.39 is 5.60 Å². The van der Waals surface area contributed by atoms with Crippen LogP contribution in [0.5, 0.6) is 0 Å². The summed E-state index contributed by atoms with van der Waals surface area (Å²) in [4.78, 5) is 12.2. The maximum atomic E-state index is 12.2. The lowest BCUT2D eigenvalue weighted by Crippen LogP contribution is -2.34. The molecule has 0 bridgehead atoms. The van der Waals surface area contributed by atoms with Crippen molar-refractivity contribution >= 4 is 11.7 Å². The van der Waals surface area contributed by atoms with E-state index in [2.05, 4.69) is 48.6 Å². The number of unbranched alkanes of at least 4 members (excludes halogenated alkanes) is 1. The van der Waals surface area contributed by atoms with Crippen molar-refractivity contribution in [3.63, 3.8) is 0 Å². The lowest BCUT2D eigenvalue weighted by molar-refractivity contribution is -0.0396. The van der Waals surface area contributed by atoms with Gasteiger partial charge in [0.05, 0.1) is 91.5 Å². The summed E-state index contributed by atoms with van der Waals surface area (Å²) in [6.07, 6.45) is 2.24. The van der Waals surface area contributed by atoms with Gasteiger partial charge in [0.1, 0.15) is 12.2 Å². The van der Waals surface area contributed by atoms with Gasteiger partial charge in [-0.15, -0.1) is 0 Å². The largest absolute Gasteiger partial charge is 0.460 e. The van der Waals surface area contributed by atoms with Gasteiger partial charge in [-0.1, -0.05) is 104 Å². The molecule has 1 N–H and O–H groups in total. The standard InChI is InChI=1S/C44H57NO9/c1-2-3-23-45-42-21-19-38(20-22-42)43(46)53-36-34-51-32-30-49-28-26-47-24-25-48-27-29-50-31-33-52-35-37-54-44(39-13-7-4-8-14-39,40-15-9-5-10-16-40)41-17-11-6-12-18-41/h4-22,45H,2-3,23-37H2,1H3. The zero-order chi connectivity index (χ0) is 37.8. The van der Waals surface area contributed by atoms with E-state index in [4.69, 9.17) is 37.9 Å². The Labute approximate surface area is 321 Å². The van der Waals surface area contributed by atoms with Gasteiger partial charge in [-0.25, -0.2) is 4.79 Å². The maximum absolute atomic E-state index is 12.2. The minimum Gasteiger partial charge on any atom is -0.460 e. The summed E-state index contributed by atoms with van der Waals surface area (Å²) in [5, 5.41) is 3.32. The molecule has 0 spiro atoms. The van der Waals surface area contributed by atoms with E-state index in [1.807, 2.05) is 66.7 Å². The molecule has 54 heavy (non-hydrogen) atoms. The van der Waals surface area contributed by atoms with Gasteiger partial charge >= 0.3 is 5.97 Å². The second-order valence-corrected chi connectivity index (χ2v) is 12.3. The number of ether oxygens (including phenoxy) is 8. The topological polar surface area (TPSA) is 103 Å². The highest BCUT2D eigenvalue weighted by molar-refractivity contribution is 5.89. The third-order valence-corrected chi connectivity index (χ3v) is 8.39. The first-order valence-corrected chi connectivity index (χ1v) is 19.0. The number of nitrogens with one attached hydrogen (secondary N) is 1. The highest BCUT2D eigenvalue weighted by Gasteiger charge is 2.37. The fourth-order valence-electron chi connectivity index (χ4n) is 5.63. The molecule has 0 unspecified atom stereocenters. The van der Waals surface area contributed by atoms with Crippen molar-refractivity contribution in [3.05, 3.63) is 138 Å². The molecule has 0 aliphatic heterocycles. The number of anilines is 1. The Kier molecular flexibility index (Phi) is 21.0. The summed E-state index contributed by atoms with van der Waals surface area (Å²) in [6, 6.07) is 38.3. The van der Waals surface area contributed by atoms with Crippen LogP contribution in [0.2, 0.25) is 0 Å². The number of carbonyl (C=O) groups excluding carboxylic acids is 1. The highest BCUT2D eigenvalue weighted by Crippen LogP contribution is 2.40. The van der Waals surface area contributed by atoms with Gasteiger partial charge in [0.25, 0.3) is 0 Å². The molecule has 0 aliphatic rings. The summed E-state index contributed by atoms with van der Waals surface area (Å²) < 4.78 is 45.6. The second kappa shape index (κ2) is 26.6. The molecule has 10 nitrogen and oxygen atoms in total. The van der Waals surface area contributed by atoms with Gasteiger partial charge in [0.2, 0.25) is 0 Å². The van der Waals surface area contributed by atoms with Crippen LogP contribution in [0.4, 0.5) is 5.69 Å². The third kappa shape index (κ3) is 15.3. The Morgan fingerprint density at radius 2 is 0.852 bits per heavy atom. The summed E-state index contributed by atoms with van der Waals surface area (Å²) in [7, 11) is 0. The predicted molar refractivity (Wildman–Crippen MR) is 210 cm³/mol. The Morgan fingerprint density at radius 1 is 0.481 bits per heavy atom. The third-order valence-electron chi connectivity index (χ3n) is 8.39. The molecule has 0 radical (unpaired) electrons. The average molecular weight is 744 g/mol. The number of carbonyl (C=O) groups is 1. The van der Waals surface area contributed by atoms with Gasteiger partial charge < -0.3 is 43.2 Å². The average Bonchev–Trinajstić information content (AvgIpc) is 3.22. The molecule has 0 saturated heterocycles. The number of benzene rings is 4. The van der Waals surface area contributed by atoms with Crippen molar-refractivity contribution < 1.29 is 42.7 Å². The van der Waals surface area contributed by atoms with Crippen molar-refractivity contribution in [1.29, 1.82) is 0 Å². The molecule has 0 amide bonds. The molecule has 4 rings (SSSR count). The Hall–Kier alpha value is -4.13. The second-order valence-electron chi connectivity index (χ2n) is 12.3. The van der Waals surface area contributed by atoms with Crippen molar-refractivity contribution in [2.45, 2.75) is 25.4 Å². The molecular weight excluding hydrogens is 686 g/mol. The fourth-order valence-corrected chi connectivity index (χ4v) is 5.63. The van der Waals surface area contributed by atoms with Crippen molar-refractivity contribution in [2.75, 3.05) is 104 Å². The van der Waals surface area contributed by atoms with Gasteiger partial charge in [-0.3, -0.25) is 0 Å². The molecule has 0 aromatic heterocycles. The summed E-state index contributed by atoms with van der Waals surface area (Å²) in [5.41, 5.74) is 3.95. The molecule has 10 heteroatoms. The van der Waals surface area contributed by atoms with Crippen LogP contribution in [0.25, 0.3) is 0 Å².